The maximum atomic E-state index is 12.4. The van der Waals surface area contributed by atoms with Gasteiger partial charge in [0.2, 0.25) is 11.7 Å². The molecule has 0 saturated carbocycles. The summed E-state index contributed by atoms with van der Waals surface area (Å²) in [5.74, 6) is 1.40. The minimum atomic E-state index is 0.187. The van der Waals surface area contributed by atoms with Crippen LogP contribution in [0.2, 0.25) is 0 Å². The molecule has 0 radical (unpaired) electrons. The molecular weight excluding hydrogens is 370 g/mol. The van der Waals surface area contributed by atoms with Crippen molar-refractivity contribution in [2.24, 2.45) is 0 Å². The van der Waals surface area contributed by atoms with Crippen LogP contribution in [0.5, 0.6) is 0 Å². The highest BCUT2D eigenvalue weighted by atomic mass is 32.2. The summed E-state index contributed by atoms with van der Waals surface area (Å²) in [5, 5.41) is 9.62. The summed E-state index contributed by atoms with van der Waals surface area (Å²) in [6.07, 6.45) is 2.22. The van der Waals surface area contributed by atoms with Crippen LogP contribution in [0.4, 0.5) is 0 Å². The normalized spacial score (nSPS) is 14.4. The van der Waals surface area contributed by atoms with E-state index in [4.69, 9.17) is 0 Å². The van der Waals surface area contributed by atoms with Crippen LogP contribution in [0.1, 0.15) is 18.4 Å². The average molecular weight is 392 g/mol. The number of rotatable bonds is 5. The van der Waals surface area contributed by atoms with Gasteiger partial charge in [-0.1, -0.05) is 54.2 Å². The van der Waals surface area contributed by atoms with Gasteiger partial charge in [0.1, 0.15) is 0 Å². The van der Waals surface area contributed by atoms with Crippen LogP contribution in [-0.4, -0.2) is 48.8 Å². The van der Waals surface area contributed by atoms with Crippen LogP contribution in [0.25, 0.3) is 16.8 Å². The van der Waals surface area contributed by atoms with E-state index in [-0.39, 0.29) is 5.91 Å². The van der Waals surface area contributed by atoms with Crippen molar-refractivity contribution >= 4 is 34.5 Å². The molecular formula is C21H21N5OS. The highest BCUT2D eigenvalue weighted by Crippen LogP contribution is 2.27. The van der Waals surface area contributed by atoms with Crippen molar-refractivity contribution in [3.05, 3.63) is 60.2 Å². The fraction of sp³-hybridized carbons (Fsp3) is 0.286. The largest absolute Gasteiger partial charge is 0.342 e. The molecule has 0 aliphatic carbocycles. The molecule has 0 N–H and O–H groups in total. The van der Waals surface area contributed by atoms with E-state index < -0.39 is 0 Å². The molecule has 6 nitrogen and oxygen atoms in total. The van der Waals surface area contributed by atoms with E-state index in [2.05, 4.69) is 43.4 Å². The molecule has 142 valence electrons. The first-order chi connectivity index (χ1) is 13.8. The van der Waals surface area contributed by atoms with Crippen molar-refractivity contribution in [1.82, 2.24) is 24.1 Å². The topological polar surface area (TPSA) is 55.4 Å². The Morgan fingerprint density at radius 2 is 1.64 bits per heavy atom. The van der Waals surface area contributed by atoms with Crippen LogP contribution in [0.3, 0.4) is 0 Å². The van der Waals surface area contributed by atoms with Crippen LogP contribution in [0, 0.1) is 0 Å². The maximum Gasteiger partial charge on any atom is 0.237 e. The number of amides is 1. The first kappa shape index (κ1) is 17.3. The van der Waals surface area contributed by atoms with Gasteiger partial charge < -0.3 is 9.47 Å². The van der Waals surface area contributed by atoms with Gasteiger partial charge in [-0.25, -0.2) is 0 Å². The first-order valence-electron chi connectivity index (χ1n) is 9.58. The quantitative estimate of drug-likeness (QED) is 0.489. The number of thioether (sulfide) groups is 1. The summed E-state index contributed by atoms with van der Waals surface area (Å²) in [5.41, 5.74) is 3.39. The monoisotopic (exact) mass is 391 g/mol. The number of benzene rings is 2. The molecule has 1 amide bonds. The summed E-state index contributed by atoms with van der Waals surface area (Å²) in [7, 11) is 0. The lowest BCUT2D eigenvalue weighted by atomic mass is 10.2. The molecule has 5 rings (SSSR count). The average Bonchev–Trinajstić information content (AvgIpc) is 3.46. The van der Waals surface area contributed by atoms with Gasteiger partial charge >= 0.3 is 0 Å². The van der Waals surface area contributed by atoms with Gasteiger partial charge in [0.15, 0.2) is 5.16 Å². The van der Waals surface area contributed by atoms with Crippen molar-refractivity contribution in [3.63, 3.8) is 0 Å². The second-order valence-electron chi connectivity index (χ2n) is 7.06. The van der Waals surface area contributed by atoms with Gasteiger partial charge in [0.05, 0.1) is 23.3 Å². The zero-order valence-corrected chi connectivity index (χ0v) is 16.3. The number of nitrogens with zero attached hydrogens (tertiary/aromatic N) is 5. The van der Waals surface area contributed by atoms with E-state index in [0.29, 0.717) is 5.75 Å². The predicted molar refractivity (Wildman–Crippen MR) is 111 cm³/mol. The fourth-order valence-electron chi connectivity index (χ4n) is 3.84. The number of hydrogen-bond donors (Lipinski definition) is 0. The SMILES string of the molecule is O=C(CSc1nnc2n(Cc3ccccc3)c3ccccc3n12)N1CCCC1. The minimum Gasteiger partial charge on any atom is -0.342 e. The smallest absolute Gasteiger partial charge is 0.237 e. The molecule has 1 aliphatic rings. The van der Waals surface area contributed by atoms with Gasteiger partial charge in [-0.2, -0.15) is 0 Å². The van der Waals surface area contributed by atoms with Crippen molar-refractivity contribution in [2.75, 3.05) is 18.8 Å². The molecule has 1 fully saturated rings. The summed E-state index contributed by atoms with van der Waals surface area (Å²) in [6, 6.07) is 18.6. The standard InChI is InChI=1S/C21H21N5OS/c27-19(24-12-6-7-13-24)15-28-21-23-22-20-25(14-16-8-2-1-3-9-16)17-10-4-5-11-18(17)26(20)21/h1-5,8-11H,6-7,12-15H2. The Morgan fingerprint density at radius 3 is 2.43 bits per heavy atom. The van der Waals surface area contributed by atoms with Crippen molar-refractivity contribution < 1.29 is 4.79 Å². The molecule has 0 unspecified atom stereocenters. The second-order valence-corrected chi connectivity index (χ2v) is 8.00. The van der Waals surface area contributed by atoms with Crippen LogP contribution in [0.15, 0.2) is 59.8 Å². The molecule has 1 aliphatic heterocycles. The van der Waals surface area contributed by atoms with Gasteiger partial charge in [-0.3, -0.25) is 9.20 Å². The van der Waals surface area contributed by atoms with Gasteiger partial charge in [0.25, 0.3) is 0 Å². The molecule has 2 aromatic carbocycles. The number of hydrogen-bond acceptors (Lipinski definition) is 4. The summed E-state index contributed by atoms with van der Waals surface area (Å²) in [6.45, 7) is 2.49. The van der Waals surface area contributed by atoms with Crippen LogP contribution in [-0.2, 0) is 11.3 Å². The van der Waals surface area contributed by atoms with E-state index >= 15 is 0 Å². The second kappa shape index (κ2) is 7.31. The molecule has 3 heterocycles. The maximum absolute atomic E-state index is 12.4. The highest BCUT2D eigenvalue weighted by molar-refractivity contribution is 7.99. The summed E-state index contributed by atoms with van der Waals surface area (Å²) >= 11 is 1.47. The summed E-state index contributed by atoms with van der Waals surface area (Å²) in [4.78, 5) is 14.4. The molecule has 4 aromatic rings. The molecule has 0 atom stereocenters. The van der Waals surface area contributed by atoms with Crippen molar-refractivity contribution in [2.45, 2.75) is 24.5 Å². The number of fused-ring (bicyclic) bond motifs is 3. The number of imidazole rings is 1. The zero-order valence-electron chi connectivity index (χ0n) is 15.5. The lowest BCUT2D eigenvalue weighted by Crippen LogP contribution is -2.29. The Labute approximate surface area is 167 Å². The van der Waals surface area contributed by atoms with E-state index in [0.717, 1.165) is 54.4 Å². The zero-order chi connectivity index (χ0) is 18.9. The summed E-state index contributed by atoms with van der Waals surface area (Å²) < 4.78 is 4.25. The molecule has 1 saturated heterocycles. The number of carbonyl (C=O) groups is 1. The van der Waals surface area contributed by atoms with Gasteiger partial charge in [-0.15, -0.1) is 10.2 Å². The number of para-hydroxylation sites is 2. The van der Waals surface area contributed by atoms with E-state index in [1.807, 2.05) is 35.2 Å². The minimum absolute atomic E-state index is 0.187. The third-order valence-electron chi connectivity index (χ3n) is 5.24. The number of likely N-dealkylation sites (tertiary alicyclic amines) is 1. The lowest BCUT2D eigenvalue weighted by Gasteiger charge is -2.13. The molecule has 7 heteroatoms. The Hall–Kier alpha value is -2.80. The third kappa shape index (κ3) is 3.05. The van der Waals surface area contributed by atoms with Crippen molar-refractivity contribution in [1.29, 1.82) is 0 Å². The first-order valence-corrected chi connectivity index (χ1v) is 10.6. The molecule has 0 bridgehead atoms. The Morgan fingerprint density at radius 1 is 0.929 bits per heavy atom. The van der Waals surface area contributed by atoms with E-state index in [9.17, 15) is 4.79 Å². The van der Waals surface area contributed by atoms with Crippen molar-refractivity contribution in [3.8, 4) is 0 Å². The van der Waals surface area contributed by atoms with E-state index in [1.165, 1.54) is 17.3 Å². The Bertz CT molecular complexity index is 1130. The van der Waals surface area contributed by atoms with E-state index in [1.54, 1.807) is 0 Å². The third-order valence-corrected chi connectivity index (χ3v) is 6.15. The van der Waals surface area contributed by atoms with Gasteiger partial charge in [-0.05, 0) is 30.5 Å². The van der Waals surface area contributed by atoms with Crippen LogP contribution < -0.4 is 0 Å². The number of carbonyl (C=O) groups excluding carboxylic acids is 1. The predicted octanol–water partition coefficient (Wildman–Crippen LogP) is 3.45. The lowest BCUT2D eigenvalue weighted by molar-refractivity contribution is -0.127. The highest BCUT2D eigenvalue weighted by Gasteiger charge is 2.21. The molecule has 0 spiro atoms. The Balaban J connectivity index is 1.50. The fourth-order valence-corrected chi connectivity index (χ4v) is 4.68. The molecule has 28 heavy (non-hydrogen) atoms. The Kier molecular flexibility index (Phi) is 4.52. The molecule has 2 aromatic heterocycles. The number of aromatic nitrogens is 4. The van der Waals surface area contributed by atoms with Crippen LogP contribution >= 0.6 is 11.8 Å². The van der Waals surface area contributed by atoms with Gasteiger partial charge in [0, 0.05) is 13.1 Å².